The van der Waals surface area contributed by atoms with E-state index in [1.807, 2.05) is 24.3 Å². The van der Waals surface area contributed by atoms with Gasteiger partial charge in [-0.2, -0.15) is 0 Å². The van der Waals surface area contributed by atoms with Crippen LogP contribution in [-0.4, -0.2) is 57.7 Å². The molecule has 0 atom stereocenters. The molecule has 0 amide bonds. The van der Waals surface area contributed by atoms with Gasteiger partial charge < -0.3 is 28.4 Å². The first kappa shape index (κ1) is 41.5. The Hall–Kier alpha value is -5.64. The van der Waals surface area contributed by atoms with E-state index in [-0.39, 0.29) is 11.9 Å². The van der Waals surface area contributed by atoms with Crippen LogP contribution in [-0.2, 0) is 23.9 Å². The Balaban J connectivity index is 0.000000389. The van der Waals surface area contributed by atoms with Crippen LogP contribution in [0, 0.1) is 0 Å². The number of methoxy groups -OCH3 is 1. The number of hydrogen-bond acceptors (Lipinski definition) is 10. The van der Waals surface area contributed by atoms with Gasteiger partial charge >= 0.3 is 17.9 Å². The highest BCUT2D eigenvalue weighted by molar-refractivity contribution is 5.88. The second-order valence-corrected chi connectivity index (χ2v) is 11.0. The second kappa shape index (κ2) is 26.3. The molecule has 0 aliphatic rings. The number of benzene rings is 3. The van der Waals surface area contributed by atoms with Gasteiger partial charge in [0.2, 0.25) is 0 Å². The fourth-order valence-electron chi connectivity index (χ4n) is 4.23. The molecule has 3 aromatic carbocycles. The Bertz CT molecular complexity index is 1490. The van der Waals surface area contributed by atoms with E-state index in [9.17, 15) is 19.2 Å². The van der Waals surface area contributed by atoms with Crippen LogP contribution in [0.3, 0.4) is 0 Å². The van der Waals surface area contributed by atoms with Gasteiger partial charge in [-0.3, -0.25) is 4.79 Å². The van der Waals surface area contributed by atoms with Crippen molar-refractivity contribution < 1.29 is 47.6 Å². The molecule has 51 heavy (non-hydrogen) atoms. The molecule has 10 nitrogen and oxygen atoms in total. The maximum Gasteiger partial charge on any atom is 0.336 e. The van der Waals surface area contributed by atoms with Gasteiger partial charge in [-0.1, -0.05) is 25.3 Å². The third-order valence-electron chi connectivity index (χ3n) is 7.02. The average Bonchev–Trinajstić information content (AvgIpc) is 3.17. The first-order valence-corrected chi connectivity index (χ1v) is 16.9. The van der Waals surface area contributed by atoms with Crippen LogP contribution in [0.5, 0.6) is 23.0 Å². The minimum atomic E-state index is -0.454. The minimum absolute atomic E-state index is 0.368. The van der Waals surface area contributed by atoms with Crippen LogP contribution >= 0.6 is 0 Å². The molecule has 0 aliphatic carbocycles. The quantitative estimate of drug-likeness (QED) is 0.0315. The van der Waals surface area contributed by atoms with Crippen molar-refractivity contribution in [3.05, 3.63) is 115 Å². The van der Waals surface area contributed by atoms with Gasteiger partial charge in [-0.05, 0) is 124 Å². The van der Waals surface area contributed by atoms with Gasteiger partial charge in [-0.25, -0.2) is 14.4 Å². The van der Waals surface area contributed by atoms with Gasteiger partial charge in [-0.15, -0.1) is 0 Å². The lowest BCUT2D eigenvalue weighted by Crippen LogP contribution is -2.03. The van der Waals surface area contributed by atoms with Gasteiger partial charge in [0.15, 0.2) is 0 Å². The van der Waals surface area contributed by atoms with E-state index in [0.29, 0.717) is 43.5 Å². The van der Waals surface area contributed by atoms with E-state index in [1.54, 1.807) is 61.7 Å². The number of hydrogen-bond donors (Lipinski definition) is 0. The lowest BCUT2D eigenvalue weighted by molar-refractivity contribution is -0.138. The molecule has 0 bridgehead atoms. The smallest absolute Gasteiger partial charge is 0.336 e. The maximum absolute atomic E-state index is 11.9. The molecule has 0 fully saturated rings. The Morgan fingerprint density at radius 2 is 0.941 bits per heavy atom. The average molecular weight is 701 g/mol. The van der Waals surface area contributed by atoms with Crippen molar-refractivity contribution in [3.8, 4) is 23.0 Å². The van der Waals surface area contributed by atoms with E-state index in [0.717, 1.165) is 74.7 Å². The van der Waals surface area contributed by atoms with Crippen LogP contribution in [0.15, 0.2) is 104 Å². The first-order valence-electron chi connectivity index (χ1n) is 16.9. The van der Waals surface area contributed by atoms with Crippen molar-refractivity contribution in [1.82, 2.24) is 0 Å². The summed E-state index contributed by atoms with van der Waals surface area (Å²) in [5, 5.41) is 0. The summed E-state index contributed by atoms with van der Waals surface area (Å²) < 4.78 is 31.4. The molecule has 0 heterocycles. The number of esters is 3. The molecule has 10 heteroatoms. The van der Waals surface area contributed by atoms with E-state index in [2.05, 4.69) is 13.2 Å². The van der Waals surface area contributed by atoms with Crippen molar-refractivity contribution in [2.24, 2.45) is 0 Å². The number of carbonyl (C=O) groups excluding carboxylic acids is 4. The topological polar surface area (TPSA) is 124 Å². The lowest BCUT2D eigenvalue weighted by atomic mass is 10.2. The van der Waals surface area contributed by atoms with Crippen molar-refractivity contribution in [3.63, 3.8) is 0 Å². The van der Waals surface area contributed by atoms with Crippen molar-refractivity contribution >= 4 is 30.3 Å². The zero-order chi connectivity index (χ0) is 36.9. The summed E-state index contributed by atoms with van der Waals surface area (Å²) in [4.78, 5) is 44.1. The monoisotopic (exact) mass is 700 g/mol. The van der Waals surface area contributed by atoms with E-state index in [4.69, 9.17) is 28.4 Å². The Morgan fingerprint density at radius 1 is 0.529 bits per heavy atom. The van der Waals surface area contributed by atoms with E-state index >= 15 is 0 Å². The molecule has 0 saturated heterocycles. The summed E-state index contributed by atoms with van der Waals surface area (Å²) in [5.41, 5.74) is 1.51. The summed E-state index contributed by atoms with van der Waals surface area (Å²) in [6.07, 6.45) is 13.8. The molecule has 0 unspecified atom stereocenters. The number of carbonyl (C=O) groups is 4. The molecule has 0 aromatic heterocycles. The zero-order valence-electron chi connectivity index (χ0n) is 29.3. The van der Waals surface area contributed by atoms with Gasteiger partial charge in [0.25, 0.3) is 0 Å². The largest absolute Gasteiger partial charge is 0.497 e. The van der Waals surface area contributed by atoms with Crippen LogP contribution in [0.1, 0.15) is 67.3 Å². The highest BCUT2D eigenvalue weighted by Gasteiger charge is 2.02. The highest BCUT2D eigenvalue weighted by Crippen LogP contribution is 2.18. The molecule has 3 rings (SSSR count). The Morgan fingerprint density at radius 3 is 1.37 bits per heavy atom. The fraction of sp³-hybridized carbons (Fsp3) is 0.317. The Kier molecular flexibility index (Phi) is 21.4. The molecular formula is C41H48O10. The van der Waals surface area contributed by atoms with Crippen molar-refractivity contribution in [1.29, 1.82) is 0 Å². The summed E-state index contributed by atoms with van der Waals surface area (Å²) >= 11 is 0. The van der Waals surface area contributed by atoms with E-state index < -0.39 is 5.97 Å². The highest BCUT2D eigenvalue weighted by atomic mass is 16.5. The van der Waals surface area contributed by atoms with Crippen molar-refractivity contribution in [2.45, 2.75) is 51.4 Å². The van der Waals surface area contributed by atoms with Crippen LogP contribution < -0.4 is 18.9 Å². The molecular weight excluding hydrogens is 652 g/mol. The molecule has 0 N–H and O–H groups in total. The molecule has 0 radical (unpaired) electrons. The Labute approximate surface area is 300 Å². The molecule has 0 spiro atoms. The minimum Gasteiger partial charge on any atom is -0.497 e. The molecule has 0 saturated carbocycles. The molecule has 3 aromatic rings. The van der Waals surface area contributed by atoms with Gasteiger partial charge in [0.05, 0.1) is 33.5 Å². The first-order chi connectivity index (χ1) is 24.9. The number of rotatable bonds is 23. The number of aldehydes is 1. The van der Waals surface area contributed by atoms with E-state index in [1.165, 1.54) is 18.2 Å². The van der Waals surface area contributed by atoms with Crippen LogP contribution in [0.2, 0.25) is 0 Å². The van der Waals surface area contributed by atoms with Crippen molar-refractivity contribution in [2.75, 3.05) is 33.5 Å². The maximum atomic E-state index is 11.9. The number of unbranched alkanes of at least 4 members (excludes halogenated alkanes) is 6. The fourth-order valence-corrected chi connectivity index (χ4v) is 4.23. The molecule has 272 valence electrons. The standard InChI is InChI=1S/C25H28O6.C16H20O4/c1-3-24(26)30-19-7-5-4-6-18-29-22-11-8-20(9-12-22)10-17-25(27)31-23-15-13-21(28-2)14-16-23;1-2-16(18)20-12-6-4-3-5-11-19-15-9-7-14(13-17)8-10-15/h3,8-17H,1,4-7,18-19H2,2H3;2,7-10,13H,1,3-6,11-12H2/b17-10+;. The van der Waals surface area contributed by atoms with Gasteiger partial charge in [0.1, 0.15) is 29.3 Å². The normalized spacial score (nSPS) is 10.2. The number of ether oxygens (including phenoxy) is 6. The van der Waals surface area contributed by atoms with Crippen LogP contribution in [0.25, 0.3) is 6.08 Å². The summed E-state index contributed by atoms with van der Waals surface area (Å²) in [7, 11) is 1.58. The van der Waals surface area contributed by atoms with Gasteiger partial charge in [0, 0.05) is 23.8 Å². The third-order valence-corrected chi connectivity index (χ3v) is 7.02. The zero-order valence-corrected chi connectivity index (χ0v) is 29.3. The second-order valence-electron chi connectivity index (χ2n) is 11.0. The lowest BCUT2D eigenvalue weighted by Gasteiger charge is -2.06. The predicted molar refractivity (Wildman–Crippen MR) is 196 cm³/mol. The third kappa shape index (κ3) is 19.8. The SMILES string of the molecule is C=CC(=O)OCCCCCCOc1ccc(/C=C/C(=O)Oc2ccc(OC)cc2)cc1.C=CC(=O)OCCCCCCOc1ccc(C=O)cc1. The summed E-state index contributed by atoms with van der Waals surface area (Å²) in [6, 6.07) is 21.3. The summed E-state index contributed by atoms with van der Waals surface area (Å²) in [6.45, 7) is 8.82. The summed E-state index contributed by atoms with van der Waals surface area (Å²) in [5.74, 6) is 1.50. The molecule has 0 aliphatic heterocycles. The van der Waals surface area contributed by atoms with Crippen LogP contribution in [0.4, 0.5) is 0 Å². The predicted octanol–water partition coefficient (Wildman–Crippen LogP) is 8.15.